The van der Waals surface area contributed by atoms with Crippen molar-refractivity contribution in [1.29, 1.82) is 0 Å². The number of furan rings is 1. The zero-order chi connectivity index (χ0) is 14.7. The maximum atomic E-state index is 11.9. The highest BCUT2D eigenvalue weighted by Gasteiger charge is 2.15. The van der Waals surface area contributed by atoms with Crippen LogP contribution in [0.4, 0.5) is 5.69 Å². The molecule has 1 aromatic heterocycles. The monoisotopic (exact) mass is 273 g/mol. The van der Waals surface area contributed by atoms with Crippen LogP contribution in [0.15, 0.2) is 41.0 Å². The second-order valence-electron chi connectivity index (χ2n) is 4.74. The van der Waals surface area contributed by atoms with Crippen LogP contribution in [-0.2, 0) is 0 Å². The first-order valence-electron chi connectivity index (χ1n) is 6.20. The summed E-state index contributed by atoms with van der Waals surface area (Å²) in [6.07, 6.45) is 1.04. The topological polar surface area (TPSA) is 79.5 Å². The minimum atomic E-state index is -1.13. The standard InChI is InChI=1S/C15H15NO4/c1-9(2)10-4-3-5-12(6-10)16-14(17)13-7-11(8-20-13)15(18)19/h3-9H,1-2H3,(H,16,17)(H,18,19). The van der Waals surface area contributed by atoms with Gasteiger partial charge in [-0.3, -0.25) is 4.79 Å². The normalized spacial score (nSPS) is 10.6. The molecular formula is C15H15NO4. The number of nitrogens with one attached hydrogen (secondary N) is 1. The quantitative estimate of drug-likeness (QED) is 0.895. The van der Waals surface area contributed by atoms with Gasteiger partial charge in [-0.05, 0) is 23.6 Å². The van der Waals surface area contributed by atoms with Crippen LogP contribution >= 0.6 is 0 Å². The molecule has 20 heavy (non-hydrogen) atoms. The molecule has 5 heteroatoms. The molecule has 1 heterocycles. The van der Waals surface area contributed by atoms with Crippen molar-refractivity contribution in [1.82, 2.24) is 0 Å². The van der Waals surface area contributed by atoms with Gasteiger partial charge in [-0.1, -0.05) is 26.0 Å². The van der Waals surface area contributed by atoms with Crippen molar-refractivity contribution in [2.45, 2.75) is 19.8 Å². The summed E-state index contributed by atoms with van der Waals surface area (Å²) in [4.78, 5) is 22.7. The second-order valence-corrected chi connectivity index (χ2v) is 4.74. The zero-order valence-electron chi connectivity index (χ0n) is 11.2. The first-order chi connectivity index (χ1) is 9.47. The lowest BCUT2D eigenvalue weighted by Crippen LogP contribution is -2.11. The largest absolute Gasteiger partial charge is 0.478 e. The van der Waals surface area contributed by atoms with E-state index < -0.39 is 11.9 Å². The first-order valence-corrected chi connectivity index (χ1v) is 6.20. The van der Waals surface area contributed by atoms with Gasteiger partial charge in [0.15, 0.2) is 5.76 Å². The Morgan fingerprint density at radius 1 is 1.25 bits per heavy atom. The van der Waals surface area contributed by atoms with E-state index in [4.69, 9.17) is 9.52 Å². The summed E-state index contributed by atoms with van der Waals surface area (Å²) in [6.45, 7) is 4.12. The van der Waals surface area contributed by atoms with E-state index in [0.717, 1.165) is 11.8 Å². The summed E-state index contributed by atoms with van der Waals surface area (Å²) < 4.78 is 4.94. The number of rotatable bonds is 4. The minimum absolute atomic E-state index is 0.0302. The Morgan fingerprint density at radius 2 is 2.00 bits per heavy atom. The highest BCUT2D eigenvalue weighted by molar-refractivity contribution is 6.03. The van der Waals surface area contributed by atoms with Crippen molar-refractivity contribution in [3.63, 3.8) is 0 Å². The fourth-order valence-electron chi connectivity index (χ4n) is 1.74. The predicted octanol–water partition coefficient (Wildman–Crippen LogP) is 3.35. The van der Waals surface area contributed by atoms with E-state index in [0.29, 0.717) is 11.6 Å². The van der Waals surface area contributed by atoms with Gasteiger partial charge in [-0.2, -0.15) is 0 Å². The molecule has 0 spiro atoms. The Morgan fingerprint density at radius 3 is 2.60 bits per heavy atom. The van der Waals surface area contributed by atoms with Gasteiger partial charge in [-0.25, -0.2) is 4.79 Å². The number of carbonyl (C=O) groups is 2. The fraction of sp³-hybridized carbons (Fsp3) is 0.200. The van der Waals surface area contributed by atoms with Gasteiger partial charge in [0.05, 0.1) is 5.56 Å². The maximum absolute atomic E-state index is 11.9. The van der Waals surface area contributed by atoms with Gasteiger partial charge >= 0.3 is 5.97 Å². The molecule has 1 amide bonds. The molecule has 0 aliphatic carbocycles. The highest BCUT2D eigenvalue weighted by atomic mass is 16.4. The molecule has 0 saturated carbocycles. The van der Waals surface area contributed by atoms with E-state index in [-0.39, 0.29) is 11.3 Å². The van der Waals surface area contributed by atoms with Crippen LogP contribution < -0.4 is 5.32 Å². The number of benzene rings is 1. The number of hydrogen-bond donors (Lipinski definition) is 2. The number of carbonyl (C=O) groups excluding carboxylic acids is 1. The number of aromatic carboxylic acids is 1. The van der Waals surface area contributed by atoms with Crippen molar-refractivity contribution in [2.75, 3.05) is 5.32 Å². The number of carboxylic acid groups (broad SMARTS) is 1. The molecule has 2 rings (SSSR count). The average Bonchev–Trinajstić information content (AvgIpc) is 2.88. The van der Waals surface area contributed by atoms with Crippen LogP contribution in [0.3, 0.4) is 0 Å². The average molecular weight is 273 g/mol. The van der Waals surface area contributed by atoms with E-state index >= 15 is 0 Å². The second kappa shape index (κ2) is 5.61. The lowest BCUT2D eigenvalue weighted by atomic mass is 10.0. The Bertz CT molecular complexity index is 643. The molecule has 0 aliphatic rings. The van der Waals surface area contributed by atoms with Crippen molar-refractivity contribution in [2.24, 2.45) is 0 Å². The molecule has 2 N–H and O–H groups in total. The summed E-state index contributed by atoms with van der Waals surface area (Å²) in [5, 5.41) is 11.5. The van der Waals surface area contributed by atoms with Crippen molar-refractivity contribution < 1.29 is 19.1 Å². The maximum Gasteiger partial charge on any atom is 0.338 e. The molecule has 2 aromatic rings. The molecule has 0 unspecified atom stereocenters. The van der Waals surface area contributed by atoms with Crippen LogP contribution in [0, 0.1) is 0 Å². The highest BCUT2D eigenvalue weighted by Crippen LogP contribution is 2.19. The lowest BCUT2D eigenvalue weighted by molar-refractivity contribution is 0.0696. The van der Waals surface area contributed by atoms with Gasteiger partial charge in [-0.15, -0.1) is 0 Å². The van der Waals surface area contributed by atoms with Gasteiger partial charge in [0.2, 0.25) is 0 Å². The van der Waals surface area contributed by atoms with Gasteiger partial charge in [0.25, 0.3) is 5.91 Å². The third-order valence-corrected chi connectivity index (χ3v) is 2.88. The van der Waals surface area contributed by atoms with Crippen molar-refractivity contribution in [3.8, 4) is 0 Å². The van der Waals surface area contributed by atoms with E-state index in [9.17, 15) is 9.59 Å². The molecule has 0 atom stereocenters. The molecule has 0 fully saturated rings. The molecule has 1 aromatic carbocycles. The lowest BCUT2D eigenvalue weighted by Gasteiger charge is -2.08. The van der Waals surface area contributed by atoms with Crippen LogP contribution in [0.1, 0.15) is 46.2 Å². The summed E-state index contributed by atoms with van der Waals surface area (Å²) in [6, 6.07) is 8.68. The predicted molar refractivity (Wildman–Crippen MR) is 74.2 cm³/mol. The van der Waals surface area contributed by atoms with E-state index in [1.807, 2.05) is 18.2 Å². The molecule has 0 saturated heterocycles. The molecule has 0 aliphatic heterocycles. The Balaban J connectivity index is 2.14. The fourth-order valence-corrected chi connectivity index (χ4v) is 1.74. The Hall–Kier alpha value is -2.56. The minimum Gasteiger partial charge on any atom is -0.478 e. The van der Waals surface area contributed by atoms with Crippen molar-refractivity contribution >= 4 is 17.6 Å². The van der Waals surface area contributed by atoms with Gasteiger partial charge < -0.3 is 14.8 Å². The number of hydrogen-bond acceptors (Lipinski definition) is 3. The molecule has 0 radical (unpaired) electrons. The van der Waals surface area contributed by atoms with Crippen molar-refractivity contribution in [3.05, 3.63) is 53.5 Å². The smallest absolute Gasteiger partial charge is 0.338 e. The number of anilines is 1. The summed E-state index contributed by atoms with van der Waals surface area (Å²) >= 11 is 0. The Labute approximate surface area is 116 Å². The van der Waals surface area contributed by atoms with E-state index in [1.165, 1.54) is 6.07 Å². The third-order valence-electron chi connectivity index (χ3n) is 2.88. The van der Waals surface area contributed by atoms with Crippen LogP contribution in [0.2, 0.25) is 0 Å². The van der Waals surface area contributed by atoms with Gasteiger partial charge in [0.1, 0.15) is 6.26 Å². The summed E-state index contributed by atoms with van der Waals surface area (Å²) in [7, 11) is 0. The van der Waals surface area contributed by atoms with E-state index in [2.05, 4.69) is 19.2 Å². The van der Waals surface area contributed by atoms with E-state index in [1.54, 1.807) is 6.07 Å². The molecule has 0 bridgehead atoms. The first kappa shape index (κ1) is 13.9. The van der Waals surface area contributed by atoms with Gasteiger partial charge in [0, 0.05) is 11.8 Å². The van der Waals surface area contributed by atoms with Crippen LogP contribution in [0.5, 0.6) is 0 Å². The number of amides is 1. The SMILES string of the molecule is CC(C)c1cccc(NC(=O)c2cc(C(=O)O)co2)c1. The zero-order valence-corrected chi connectivity index (χ0v) is 11.2. The molecule has 104 valence electrons. The van der Waals surface area contributed by atoms with Crippen LogP contribution in [-0.4, -0.2) is 17.0 Å². The Kier molecular flexibility index (Phi) is 3.89. The molecular weight excluding hydrogens is 258 g/mol. The van der Waals surface area contributed by atoms with Crippen LogP contribution in [0.25, 0.3) is 0 Å². The number of carboxylic acids is 1. The summed E-state index contributed by atoms with van der Waals surface area (Å²) in [5.74, 6) is -1.28. The third kappa shape index (κ3) is 3.06. The molecule has 5 nitrogen and oxygen atoms in total. The summed E-state index contributed by atoms with van der Waals surface area (Å²) in [5.41, 5.74) is 1.70.